The average Bonchev–Trinajstić information content (AvgIpc) is 2.19. The third-order valence-corrected chi connectivity index (χ3v) is 25.5. The van der Waals surface area contributed by atoms with Crippen molar-refractivity contribution in [2.24, 2.45) is 0 Å². The molecule has 0 aliphatic rings. The van der Waals surface area contributed by atoms with E-state index in [2.05, 4.69) is 78.9 Å². The molecule has 3 nitrogen and oxygen atoms in total. The van der Waals surface area contributed by atoms with Crippen LogP contribution in [0.4, 0.5) is 0 Å². The van der Waals surface area contributed by atoms with Gasteiger partial charge in [-0.15, -0.1) is 0 Å². The van der Waals surface area contributed by atoms with E-state index >= 15 is 0 Å². The van der Waals surface area contributed by atoms with Crippen molar-refractivity contribution < 1.29 is 12.7 Å². The Balaban J connectivity index is 5.52. The molecule has 0 N–H and O–H groups in total. The summed E-state index contributed by atoms with van der Waals surface area (Å²) in [6.07, 6.45) is 0.912. The van der Waals surface area contributed by atoms with Crippen LogP contribution in [0.2, 0.25) is 72.0 Å². The van der Waals surface area contributed by atoms with Crippen LogP contribution >= 0.6 is 0 Å². The zero-order valence-electron chi connectivity index (χ0n) is 17.0. The van der Waals surface area contributed by atoms with Crippen LogP contribution in [0, 0.1) is 5.73 Å². The van der Waals surface area contributed by atoms with Gasteiger partial charge < -0.3 is 12.7 Å². The van der Waals surface area contributed by atoms with E-state index in [4.69, 9.17) is 12.7 Å². The van der Waals surface area contributed by atoms with Gasteiger partial charge in [-0.2, -0.15) is 0 Å². The van der Waals surface area contributed by atoms with Crippen molar-refractivity contribution in [3.8, 4) is 0 Å². The summed E-state index contributed by atoms with van der Waals surface area (Å²) in [5.41, 5.74) is 1.15. The maximum absolute atomic E-state index is 6.68. The number of rotatable bonds is 9. The summed E-state index contributed by atoms with van der Waals surface area (Å²) in [5, 5.41) is 0. The van der Waals surface area contributed by atoms with Gasteiger partial charge in [0.05, 0.1) is 8.31 Å². The maximum atomic E-state index is 6.68. The molecule has 8 heteroatoms. The van der Waals surface area contributed by atoms with E-state index < -0.39 is 41.3 Å². The Bertz CT molecular complexity index is 331. The van der Waals surface area contributed by atoms with E-state index in [1.165, 1.54) is 0 Å². The highest BCUT2D eigenvalue weighted by Gasteiger charge is 2.50. The molecule has 0 aromatic rings. The molecule has 0 atom stereocenters. The van der Waals surface area contributed by atoms with Gasteiger partial charge in [0.15, 0.2) is 24.5 Å². The second-order valence-electron chi connectivity index (χ2n) is 9.01. The topological polar surface area (TPSA) is 27.7 Å². The Kier molecular flexibility index (Phi) is 8.24. The van der Waals surface area contributed by atoms with E-state index in [1.807, 2.05) is 0 Å². The van der Waals surface area contributed by atoms with Crippen molar-refractivity contribution in [3.05, 3.63) is 5.73 Å². The van der Waals surface area contributed by atoms with Crippen LogP contribution in [0.3, 0.4) is 0 Å². The fourth-order valence-electron chi connectivity index (χ4n) is 2.22. The third-order valence-electron chi connectivity index (χ3n) is 3.61. The lowest BCUT2D eigenvalue weighted by atomic mass is 10.5. The van der Waals surface area contributed by atoms with Gasteiger partial charge in [0.25, 0.3) is 0 Å². The van der Waals surface area contributed by atoms with Gasteiger partial charge in [0, 0.05) is 0 Å². The predicted molar refractivity (Wildman–Crippen MR) is 111 cm³/mol. The molecule has 0 bridgehead atoms. The fourth-order valence-corrected chi connectivity index (χ4v) is 17.7. The van der Waals surface area contributed by atoms with Crippen molar-refractivity contribution in [3.63, 3.8) is 0 Å². The molecule has 0 aromatic heterocycles. The fraction of sp³-hybridized carbons (Fsp3) is 0.929. The van der Waals surface area contributed by atoms with Crippen LogP contribution in [-0.4, -0.2) is 41.3 Å². The maximum Gasteiger partial charge on any atom is 0.349 e. The first kappa shape index (κ1) is 23.0. The van der Waals surface area contributed by atoms with Gasteiger partial charge in [0.2, 0.25) is 0 Å². The molecular weight excluding hydrogens is 357 g/mol. The summed E-state index contributed by atoms with van der Waals surface area (Å²) < 4.78 is 20.0. The van der Waals surface area contributed by atoms with Gasteiger partial charge in [-0.1, -0.05) is 20.0 Å². The molecule has 0 aromatic carbocycles. The monoisotopic (exact) mass is 395 g/mol. The third kappa shape index (κ3) is 8.18. The van der Waals surface area contributed by atoms with Gasteiger partial charge in [-0.3, -0.25) is 0 Å². The lowest BCUT2D eigenvalue weighted by Crippen LogP contribution is -2.60. The van der Waals surface area contributed by atoms with Gasteiger partial charge in [-0.05, 0) is 65.3 Å². The Hall–Kier alpha value is 0.964. The summed E-state index contributed by atoms with van der Waals surface area (Å²) in [6.45, 7) is 27.4. The molecule has 0 unspecified atom stereocenters. The van der Waals surface area contributed by atoms with Crippen LogP contribution < -0.4 is 0 Å². The summed E-state index contributed by atoms with van der Waals surface area (Å²) >= 11 is 0. The van der Waals surface area contributed by atoms with Crippen LogP contribution in [0.1, 0.15) is 13.3 Å². The molecule has 0 fully saturated rings. The summed E-state index contributed by atoms with van der Waals surface area (Å²) in [6, 6.07) is 0. The van der Waals surface area contributed by atoms with E-state index in [0.29, 0.717) is 0 Å². The molecule has 0 aliphatic heterocycles. The first-order valence-corrected chi connectivity index (χ1v) is 24.6. The molecule has 0 heterocycles. The van der Waals surface area contributed by atoms with Gasteiger partial charge >= 0.3 is 8.56 Å². The molecule has 0 saturated carbocycles. The van der Waals surface area contributed by atoms with Crippen LogP contribution in [0.5, 0.6) is 0 Å². The molecule has 133 valence electrons. The zero-order chi connectivity index (χ0) is 18.0. The van der Waals surface area contributed by atoms with E-state index in [1.54, 1.807) is 0 Å². The summed E-state index contributed by atoms with van der Waals surface area (Å²) in [7, 11) is -8.22. The summed E-state index contributed by atoms with van der Waals surface area (Å²) in [4.78, 5) is 0. The molecule has 0 amide bonds. The lowest BCUT2D eigenvalue weighted by Gasteiger charge is -2.44. The second kappa shape index (κ2) is 7.90. The van der Waals surface area contributed by atoms with Crippen LogP contribution in [0.15, 0.2) is 0 Å². The second-order valence-corrected chi connectivity index (χ2v) is 34.9. The highest BCUT2D eigenvalue weighted by Crippen LogP contribution is 2.34. The normalized spacial score (nSPS) is 15.0. The van der Waals surface area contributed by atoms with Crippen molar-refractivity contribution in [2.45, 2.75) is 85.4 Å². The van der Waals surface area contributed by atoms with E-state index in [9.17, 15) is 0 Å². The van der Waals surface area contributed by atoms with E-state index in [0.717, 1.165) is 12.1 Å². The number of hydrogen-bond donors (Lipinski definition) is 0. The zero-order valence-corrected chi connectivity index (χ0v) is 22.2. The van der Waals surface area contributed by atoms with Crippen molar-refractivity contribution in [2.75, 3.05) is 0 Å². The largest absolute Gasteiger partial charge is 0.435 e. The molecular formula is C14H39O3Si5. The molecule has 22 heavy (non-hydrogen) atoms. The minimum absolute atomic E-state index is 0.798. The Morgan fingerprint density at radius 1 is 0.773 bits per heavy atom. The molecule has 0 aliphatic carbocycles. The minimum atomic E-state index is -2.43. The molecule has 0 spiro atoms. The van der Waals surface area contributed by atoms with Crippen molar-refractivity contribution >= 4 is 41.3 Å². The SMILES string of the molecule is CC[C](O[Si](C)(C)[SiH](C)C)[Si](C)(O[Si](C)(C)C)O[Si](C)(C)C. The van der Waals surface area contributed by atoms with Crippen molar-refractivity contribution in [1.29, 1.82) is 0 Å². The quantitative estimate of drug-likeness (QED) is 0.512. The molecule has 1 radical (unpaired) electrons. The number of hydrogen-bond acceptors (Lipinski definition) is 3. The summed E-state index contributed by atoms with van der Waals surface area (Å²) in [5.74, 6) is 0. The predicted octanol–water partition coefficient (Wildman–Crippen LogP) is 5.03. The first-order chi connectivity index (χ1) is 9.52. The van der Waals surface area contributed by atoms with Crippen molar-refractivity contribution in [1.82, 2.24) is 0 Å². The van der Waals surface area contributed by atoms with Crippen LogP contribution in [0.25, 0.3) is 0 Å². The highest BCUT2D eigenvalue weighted by atomic mass is 29.2. The van der Waals surface area contributed by atoms with Crippen LogP contribution in [-0.2, 0) is 12.7 Å². The first-order valence-electron chi connectivity index (χ1n) is 8.48. The molecule has 0 rings (SSSR count). The Labute approximate surface area is 145 Å². The Morgan fingerprint density at radius 3 is 1.36 bits per heavy atom. The van der Waals surface area contributed by atoms with Gasteiger partial charge in [0.1, 0.15) is 5.73 Å². The van der Waals surface area contributed by atoms with Gasteiger partial charge in [-0.25, -0.2) is 0 Å². The Morgan fingerprint density at radius 2 is 1.14 bits per heavy atom. The average molecular weight is 396 g/mol. The molecule has 0 saturated heterocycles. The lowest BCUT2D eigenvalue weighted by molar-refractivity contribution is 0.284. The standard InChI is InChI=1S/C14H39O3Si5/c1-13-14(15-21(10,11)18(2)3)22(12,16-19(4,5)6)17-20(7,8)9/h18H,13H2,1-12H3. The minimum Gasteiger partial charge on any atom is -0.435 e. The smallest absolute Gasteiger partial charge is 0.349 e. The van der Waals surface area contributed by atoms with E-state index in [-0.39, 0.29) is 0 Å². The highest BCUT2D eigenvalue weighted by molar-refractivity contribution is 7.28.